The molecule has 0 amide bonds. The molecular formula is C14H10F5NO2S. The monoisotopic (exact) mass is 351 g/mol. The molecule has 0 saturated carbocycles. The van der Waals surface area contributed by atoms with E-state index < -0.39 is 50.5 Å². The van der Waals surface area contributed by atoms with Gasteiger partial charge in [0.15, 0.2) is 17.5 Å². The molecule has 0 radical (unpaired) electrons. The second-order valence-electron chi connectivity index (χ2n) is 4.67. The van der Waals surface area contributed by atoms with Gasteiger partial charge in [-0.3, -0.25) is 0 Å². The van der Waals surface area contributed by atoms with Gasteiger partial charge in [0.2, 0.25) is 10.0 Å². The lowest BCUT2D eigenvalue weighted by atomic mass is 10.2. The summed E-state index contributed by atoms with van der Waals surface area (Å²) in [5, 5.41) is 0. The van der Waals surface area contributed by atoms with E-state index in [9.17, 15) is 30.4 Å². The summed E-state index contributed by atoms with van der Waals surface area (Å²) >= 11 is 0. The van der Waals surface area contributed by atoms with Crippen LogP contribution in [0, 0.1) is 29.1 Å². The van der Waals surface area contributed by atoms with Crippen molar-refractivity contribution in [3.8, 4) is 0 Å². The van der Waals surface area contributed by atoms with Crippen LogP contribution in [0.25, 0.3) is 0 Å². The minimum atomic E-state index is -4.54. The van der Waals surface area contributed by atoms with E-state index in [1.165, 1.54) is 0 Å². The van der Waals surface area contributed by atoms with Gasteiger partial charge in [-0.2, -0.15) is 4.31 Å². The van der Waals surface area contributed by atoms with Gasteiger partial charge < -0.3 is 0 Å². The lowest BCUT2D eigenvalue weighted by Crippen LogP contribution is -2.28. The Morgan fingerprint density at radius 1 is 0.913 bits per heavy atom. The highest BCUT2D eigenvalue weighted by Crippen LogP contribution is 2.24. The first-order valence-electron chi connectivity index (χ1n) is 6.18. The molecule has 23 heavy (non-hydrogen) atoms. The van der Waals surface area contributed by atoms with Gasteiger partial charge in [0.05, 0.1) is 0 Å². The fraction of sp³-hybridized carbons (Fsp3) is 0.143. The predicted octanol–water partition coefficient (Wildman–Crippen LogP) is 3.20. The standard InChI is InChI=1S/C14H10F5NO2S/c1-20(7-8-2-3-9(15)6-11(8)17)23(21,22)12-5-4-10(16)13(18)14(12)19/h2-6H,7H2,1H3. The molecule has 0 bridgehead atoms. The third-order valence-corrected chi connectivity index (χ3v) is 4.92. The summed E-state index contributed by atoms with van der Waals surface area (Å²) in [5.41, 5.74) is -0.166. The SMILES string of the molecule is CN(Cc1ccc(F)cc1F)S(=O)(=O)c1ccc(F)c(F)c1F. The van der Waals surface area contributed by atoms with E-state index in [-0.39, 0.29) is 5.56 Å². The summed E-state index contributed by atoms with van der Waals surface area (Å²) in [6, 6.07) is 3.56. The highest BCUT2D eigenvalue weighted by atomic mass is 32.2. The maximum atomic E-state index is 13.6. The number of hydrogen-bond acceptors (Lipinski definition) is 2. The molecule has 0 saturated heterocycles. The summed E-state index contributed by atoms with van der Waals surface area (Å²) in [6.45, 7) is -0.549. The van der Waals surface area contributed by atoms with Crippen LogP contribution in [-0.2, 0) is 16.6 Å². The number of nitrogens with zero attached hydrogens (tertiary/aromatic N) is 1. The molecule has 9 heteroatoms. The maximum Gasteiger partial charge on any atom is 0.246 e. The van der Waals surface area contributed by atoms with Crippen LogP contribution in [0.3, 0.4) is 0 Å². The molecule has 2 aromatic carbocycles. The quantitative estimate of drug-likeness (QED) is 0.627. The van der Waals surface area contributed by atoms with Crippen LogP contribution in [0.1, 0.15) is 5.56 Å². The van der Waals surface area contributed by atoms with Crippen LogP contribution in [0.15, 0.2) is 35.2 Å². The molecule has 0 aliphatic carbocycles. The number of rotatable bonds is 4. The molecule has 0 heterocycles. The van der Waals surface area contributed by atoms with Crippen LogP contribution in [0.2, 0.25) is 0 Å². The van der Waals surface area contributed by atoms with Gasteiger partial charge in [-0.25, -0.2) is 30.4 Å². The Bertz CT molecular complexity index is 854. The molecule has 0 fully saturated rings. The van der Waals surface area contributed by atoms with Gasteiger partial charge in [-0.1, -0.05) is 6.07 Å². The number of sulfonamides is 1. The van der Waals surface area contributed by atoms with Gasteiger partial charge in [-0.05, 0) is 18.2 Å². The highest BCUT2D eigenvalue weighted by molar-refractivity contribution is 7.89. The zero-order valence-electron chi connectivity index (χ0n) is 11.7. The average molecular weight is 351 g/mol. The van der Waals surface area contributed by atoms with E-state index in [1.54, 1.807) is 0 Å². The van der Waals surface area contributed by atoms with E-state index in [1.807, 2.05) is 0 Å². The van der Waals surface area contributed by atoms with Crippen molar-refractivity contribution in [2.75, 3.05) is 7.05 Å². The molecule has 0 unspecified atom stereocenters. The van der Waals surface area contributed by atoms with Crippen molar-refractivity contribution in [1.29, 1.82) is 0 Å². The number of halogens is 5. The Kier molecular flexibility index (Phi) is 4.71. The summed E-state index contributed by atoms with van der Waals surface area (Å²) in [7, 11) is -3.54. The molecule has 0 spiro atoms. The highest BCUT2D eigenvalue weighted by Gasteiger charge is 2.28. The molecule has 0 N–H and O–H groups in total. The topological polar surface area (TPSA) is 37.4 Å². The molecule has 3 nitrogen and oxygen atoms in total. The summed E-state index contributed by atoms with van der Waals surface area (Å²) in [6.07, 6.45) is 0. The molecule has 0 aliphatic rings. The van der Waals surface area contributed by atoms with Crippen LogP contribution in [0.5, 0.6) is 0 Å². The van der Waals surface area contributed by atoms with Crippen LogP contribution in [-0.4, -0.2) is 19.8 Å². The summed E-state index contributed by atoms with van der Waals surface area (Å²) in [4.78, 5) is -1.08. The zero-order valence-corrected chi connectivity index (χ0v) is 12.5. The van der Waals surface area contributed by atoms with Crippen molar-refractivity contribution >= 4 is 10.0 Å². The third kappa shape index (κ3) is 3.35. The molecule has 2 rings (SSSR count). The minimum absolute atomic E-state index is 0.166. The second-order valence-corrected chi connectivity index (χ2v) is 6.68. The van der Waals surface area contributed by atoms with Gasteiger partial charge >= 0.3 is 0 Å². The fourth-order valence-electron chi connectivity index (χ4n) is 1.85. The van der Waals surface area contributed by atoms with E-state index in [4.69, 9.17) is 0 Å². The maximum absolute atomic E-state index is 13.6. The predicted molar refractivity (Wildman–Crippen MR) is 71.3 cm³/mol. The van der Waals surface area contributed by atoms with Crippen molar-refractivity contribution in [3.63, 3.8) is 0 Å². The summed E-state index contributed by atoms with van der Waals surface area (Å²) in [5.74, 6) is -7.15. The first-order valence-corrected chi connectivity index (χ1v) is 7.62. The first-order chi connectivity index (χ1) is 10.6. The third-order valence-electron chi connectivity index (χ3n) is 3.10. The Labute approximate surface area is 129 Å². The molecule has 0 aliphatic heterocycles. The Balaban J connectivity index is 2.38. The molecule has 2 aromatic rings. The van der Waals surface area contributed by atoms with E-state index >= 15 is 0 Å². The van der Waals surface area contributed by atoms with E-state index in [0.29, 0.717) is 22.5 Å². The van der Waals surface area contributed by atoms with Crippen LogP contribution >= 0.6 is 0 Å². The molecule has 124 valence electrons. The normalized spacial score (nSPS) is 12.0. The molecular weight excluding hydrogens is 341 g/mol. The van der Waals surface area contributed by atoms with Crippen molar-refractivity contribution in [3.05, 3.63) is 65.0 Å². The second kappa shape index (κ2) is 6.25. The molecule has 0 aromatic heterocycles. The van der Waals surface area contributed by atoms with Crippen molar-refractivity contribution < 1.29 is 30.4 Å². The molecule has 0 atom stereocenters. The minimum Gasteiger partial charge on any atom is -0.207 e. The fourth-order valence-corrected chi connectivity index (χ4v) is 3.05. The Morgan fingerprint density at radius 2 is 1.57 bits per heavy atom. The largest absolute Gasteiger partial charge is 0.246 e. The van der Waals surface area contributed by atoms with E-state index in [2.05, 4.69) is 0 Å². The Morgan fingerprint density at radius 3 is 2.17 bits per heavy atom. The smallest absolute Gasteiger partial charge is 0.207 e. The van der Waals surface area contributed by atoms with Gasteiger partial charge in [-0.15, -0.1) is 0 Å². The zero-order chi connectivity index (χ0) is 17.4. The van der Waals surface area contributed by atoms with Crippen molar-refractivity contribution in [1.82, 2.24) is 4.31 Å². The average Bonchev–Trinajstić information content (AvgIpc) is 2.47. The van der Waals surface area contributed by atoms with Gasteiger partial charge in [0, 0.05) is 25.2 Å². The lowest BCUT2D eigenvalue weighted by molar-refractivity contribution is 0.419. The summed E-state index contributed by atoms with van der Waals surface area (Å²) < 4.78 is 91.0. The van der Waals surface area contributed by atoms with Gasteiger partial charge in [0.1, 0.15) is 16.5 Å². The first kappa shape index (κ1) is 17.4. The Hall–Kier alpha value is -2.00. The number of hydrogen-bond donors (Lipinski definition) is 0. The van der Waals surface area contributed by atoms with Crippen molar-refractivity contribution in [2.45, 2.75) is 11.4 Å². The van der Waals surface area contributed by atoms with Gasteiger partial charge in [0.25, 0.3) is 0 Å². The van der Waals surface area contributed by atoms with E-state index in [0.717, 1.165) is 19.2 Å². The van der Waals surface area contributed by atoms with Crippen LogP contribution in [0.4, 0.5) is 22.0 Å². The lowest BCUT2D eigenvalue weighted by Gasteiger charge is -2.18. The van der Waals surface area contributed by atoms with Crippen molar-refractivity contribution in [2.24, 2.45) is 0 Å². The number of benzene rings is 2. The van der Waals surface area contributed by atoms with Crippen LogP contribution < -0.4 is 0 Å².